The van der Waals surface area contributed by atoms with Crippen LogP contribution in [0.1, 0.15) is 23.2 Å². The van der Waals surface area contributed by atoms with E-state index in [2.05, 4.69) is 0 Å². The van der Waals surface area contributed by atoms with Crippen molar-refractivity contribution < 1.29 is 9.18 Å². The number of rotatable bonds is 3. The average molecular weight is 236 g/mol. The Bertz CT molecular complexity index is 391. The van der Waals surface area contributed by atoms with Gasteiger partial charge in [-0.05, 0) is 49.6 Å². The van der Waals surface area contributed by atoms with Crippen LogP contribution >= 0.6 is 0 Å². The fourth-order valence-corrected chi connectivity index (χ4v) is 2.26. The maximum Gasteiger partial charge on any atom is 0.253 e. The van der Waals surface area contributed by atoms with Gasteiger partial charge in [-0.2, -0.15) is 0 Å². The highest BCUT2D eigenvalue weighted by Crippen LogP contribution is 2.20. The lowest BCUT2D eigenvalue weighted by atomic mass is 10.1. The largest absolute Gasteiger partial charge is 0.338 e. The summed E-state index contributed by atoms with van der Waals surface area (Å²) in [5, 5.41) is 0. The van der Waals surface area contributed by atoms with E-state index >= 15 is 0 Å². The summed E-state index contributed by atoms with van der Waals surface area (Å²) in [6, 6.07) is 5.71. The number of benzene rings is 1. The van der Waals surface area contributed by atoms with Gasteiger partial charge in [-0.15, -0.1) is 0 Å². The molecular formula is C13H17FN2O. The second-order valence-electron chi connectivity index (χ2n) is 4.49. The van der Waals surface area contributed by atoms with Crippen LogP contribution in [-0.2, 0) is 0 Å². The van der Waals surface area contributed by atoms with Crippen molar-refractivity contribution >= 4 is 5.91 Å². The number of nitrogens with zero attached hydrogens (tertiary/aromatic N) is 1. The fraction of sp³-hybridized carbons (Fsp3) is 0.462. The molecule has 0 spiro atoms. The van der Waals surface area contributed by atoms with E-state index in [0.29, 0.717) is 18.0 Å². The smallest absolute Gasteiger partial charge is 0.253 e. The molecule has 0 saturated carbocycles. The number of halogens is 1. The van der Waals surface area contributed by atoms with Crippen molar-refractivity contribution in [3.8, 4) is 0 Å². The van der Waals surface area contributed by atoms with Crippen LogP contribution in [0.4, 0.5) is 4.39 Å². The quantitative estimate of drug-likeness (QED) is 0.867. The number of hydrogen-bond donors (Lipinski definition) is 1. The molecule has 1 saturated heterocycles. The first kappa shape index (κ1) is 12.0. The summed E-state index contributed by atoms with van der Waals surface area (Å²) in [4.78, 5) is 13.9. The molecule has 0 aromatic heterocycles. The molecule has 1 aromatic carbocycles. The minimum Gasteiger partial charge on any atom is -0.338 e. The minimum atomic E-state index is -0.316. The zero-order valence-corrected chi connectivity index (χ0v) is 9.73. The molecule has 1 fully saturated rings. The van der Waals surface area contributed by atoms with Gasteiger partial charge in [0.1, 0.15) is 5.82 Å². The van der Waals surface area contributed by atoms with Gasteiger partial charge >= 0.3 is 0 Å². The van der Waals surface area contributed by atoms with Crippen molar-refractivity contribution in [1.29, 1.82) is 0 Å². The summed E-state index contributed by atoms with van der Waals surface area (Å²) in [6.45, 7) is 2.22. The van der Waals surface area contributed by atoms with Gasteiger partial charge in [-0.25, -0.2) is 4.39 Å². The van der Waals surface area contributed by atoms with E-state index < -0.39 is 0 Å². The van der Waals surface area contributed by atoms with Crippen LogP contribution in [0.2, 0.25) is 0 Å². The maximum absolute atomic E-state index is 12.8. The molecule has 4 heteroatoms. The van der Waals surface area contributed by atoms with E-state index in [9.17, 15) is 9.18 Å². The highest BCUT2D eigenvalue weighted by molar-refractivity contribution is 5.94. The number of carbonyl (C=O) groups excluding carboxylic acids is 1. The van der Waals surface area contributed by atoms with Gasteiger partial charge in [-0.3, -0.25) is 4.79 Å². The van der Waals surface area contributed by atoms with Crippen molar-refractivity contribution in [2.75, 3.05) is 19.6 Å². The number of hydrogen-bond acceptors (Lipinski definition) is 2. The van der Waals surface area contributed by atoms with Gasteiger partial charge in [0.2, 0.25) is 0 Å². The molecule has 1 aromatic rings. The first-order valence-corrected chi connectivity index (χ1v) is 5.95. The fourth-order valence-electron chi connectivity index (χ4n) is 2.26. The molecule has 1 amide bonds. The minimum absolute atomic E-state index is 0.00970. The Kier molecular flexibility index (Phi) is 3.74. The number of nitrogens with two attached hydrogens (primary N) is 1. The summed E-state index contributed by atoms with van der Waals surface area (Å²) in [5.74, 6) is 0.192. The Morgan fingerprint density at radius 1 is 1.41 bits per heavy atom. The number of likely N-dealkylation sites (tertiary alicyclic amines) is 1. The molecule has 1 unspecified atom stereocenters. The Morgan fingerprint density at radius 3 is 2.76 bits per heavy atom. The van der Waals surface area contributed by atoms with Crippen LogP contribution in [0.15, 0.2) is 24.3 Å². The lowest BCUT2D eigenvalue weighted by Crippen LogP contribution is -2.28. The van der Waals surface area contributed by atoms with E-state index in [1.54, 1.807) is 0 Å². The van der Waals surface area contributed by atoms with Crippen LogP contribution in [0, 0.1) is 11.7 Å². The second kappa shape index (κ2) is 5.27. The van der Waals surface area contributed by atoms with E-state index in [1.165, 1.54) is 24.3 Å². The van der Waals surface area contributed by atoms with Gasteiger partial charge in [0.25, 0.3) is 5.91 Å². The second-order valence-corrected chi connectivity index (χ2v) is 4.49. The molecule has 0 bridgehead atoms. The zero-order chi connectivity index (χ0) is 12.3. The Morgan fingerprint density at radius 2 is 2.12 bits per heavy atom. The van der Waals surface area contributed by atoms with Gasteiger partial charge in [0.05, 0.1) is 0 Å². The molecule has 2 rings (SSSR count). The van der Waals surface area contributed by atoms with Crippen LogP contribution in [-0.4, -0.2) is 30.4 Å². The van der Waals surface area contributed by atoms with Crippen molar-refractivity contribution in [2.24, 2.45) is 11.7 Å². The standard InChI is InChI=1S/C13H17FN2O/c14-12-3-1-11(2-4-12)13(17)16-8-6-10(9-16)5-7-15/h1-4,10H,5-9,15H2. The highest BCUT2D eigenvalue weighted by atomic mass is 19.1. The Balaban J connectivity index is 1.99. The normalized spacial score (nSPS) is 19.6. The summed E-state index contributed by atoms with van der Waals surface area (Å²) in [6.07, 6.45) is 1.98. The lowest BCUT2D eigenvalue weighted by Gasteiger charge is -2.16. The van der Waals surface area contributed by atoms with Gasteiger partial charge in [-0.1, -0.05) is 0 Å². The molecule has 1 aliphatic heterocycles. The van der Waals surface area contributed by atoms with Crippen molar-refractivity contribution in [3.63, 3.8) is 0 Å². The van der Waals surface area contributed by atoms with E-state index in [0.717, 1.165) is 25.9 Å². The predicted molar refractivity (Wildman–Crippen MR) is 64.1 cm³/mol. The van der Waals surface area contributed by atoms with Crippen molar-refractivity contribution in [2.45, 2.75) is 12.8 Å². The van der Waals surface area contributed by atoms with Gasteiger partial charge < -0.3 is 10.6 Å². The third-order valence-electron chi connectivity index (χ3n) is 3.24. The zero-order valence-electron chi connectivity index (χ0n) is 9.73. The molecular weight excluding hydrogens is 219 g/mol. The third-order valence-corrected chi connectivity index (χ3v) is 3.24. The lowest BCUT2D eigenvalue weighted by molar-refractivity contribution is 0.0786. The molecule has 1 atom stereocenters. The van der Waals surface area contributed by atoms with E-state index in [4.69, 9.17) is 5.73 Å². The molecule has 3 nitrogen and oxygen atoms in total. The van der Waals surface area contributed by atoms with Gasteiger partial charge in [0, 0.05) is 18.7 Å². The van der Waals surface area contributed by atoms with Crippen LogP contribution in [0.5, 0.6) is 0 Å². The van der Waals surface area contributed by atoms with Crippen LogP contribution in [0.3, 0.4) is 0 Å². The van der Waals surface area contributed by atoms with Crippen LogP contribution < -0.4 is 5.73 Å². The molecule has 1 heterocycles. The van der Waals surface area contributed by atoms with Gasteiger partial charge in [0.15, 0.2) is 0 Å². The maximum atomic E-state index is 12.8. The summed E-state index contributed by atoms with van der Waals surface area (Å²) in [7, 11) is 0. The van der Waals surface area contributed by atoms with Crippen molar-refractivity contribution in [1.82, 2.24) is 4.90 Å². The SMILES string of the molecule is NCCC1CCN(C(=O)c2ccc(F)cc2)C1. The number of amides is 1. The van der Waals surface area contributed by atoms with E-state index in [1.807, 2.05) is 4.90 Å². The molecule has 1 aliphatic rings. The Hall–Kier alpha value is -1.42. The molecule has 0 radical (unpaired) electrons. The summed E-state index contributed by atoms with van der Waals surface area (Å²) < 4.78 is 12.8. The molecule has 0 aliphatic carbocycles. The van der Waals surface area contributed by atoms with Crippen molar-refractivity contribution in [3.05, 3.63) is 35.6 Å². The summed E-state index contributed by atoms with van der Waals surface area (Å²) >= 11 is 0. The van der Waals surface area contributed by atoms with E-state index in [-0.39, 0.29) is 11.7 Å². The average Bonchev–Trinajstić information content (AvgIpc) is 2.78. The number of carbonyl (C=O) groups is 1. The first-order chi connectivity index (χ1) is 8.20. The van der Waals surface area contributed by atoms with Crippen LogP contribution in [0.25, 0.3) is 0 Å². The summed E-state index contributed by atoms with van der Waals surface area (Å²) in [5.41, 5.74) is 6.07. The monoisotopic (exact) mass is 236 g/mol. The highest BCUT2D eigenvalue weighted by Gasteiger charge is 2.26. The first-order valence-electron chi connectivity index (χ1n) is 5.95. The molecule has 2 N–H and O–H groups in total. The molecule has 92 valence electrons. The third kappa shape index (κ3) is 2.82. The predicted octanol–water partition coefficient (Wildman–Crippen LogP) is 1.64. The topological polar surface area (TPSA) is 46.3 Å². The Labute approximate surface area is 100 Å². The molecule has 17 heavy (non-hydrogen) atoms.